The summed E-state index contributed by atoms with van der Waals surface area (Å²) >= 11 is 0. The monoisotopic (exact) mass is 224 g/mol. The van der Waals surface area contributed by atoms with Crippen LogP contribution in [0.15, 0.2) is 0 Å². The SMILES string of the molecule is CC(C)C(N)C(=O)N1CC2(CC2)CC1C=O. The Morgan fingerprint density at radius 2 is 2.12 bits per heavy atom. The zero-order chi connectivity index (χ0) is 11.9. The van der Waals surface area contributed by atoms with Crippen LogP contribution in [-0.4, -0.2) is 35.7 Å². The van der Waals surface area contributed by atoms with Gasteiger partial charge in [-0.1, -0.05) is 13.8 Å². The van der Waals surface area contributed by atoms with Crippen molar-refractivity contribution in [2.24, 2.45) is 17.1 Å². The largest absolute Gasteiger partial charge is 0.331 e. The molecule has 1 amide bonds. The molecule has 1 heterocycles. The van der Waals surface area contributed by atoms with Gasteiger partial charge in [0.25, 0.3) is 0 Å². The number of carbonyl (C=O) groups excluding carboxylic acids is 2. The van der Waals surface area contributed by atoms with E-state index >= 15 is 0 Å². The van der Waals surface area contributed by atoms with Gasteiger partial charge in [0.2, 0.25) is 5.91 Å². The zero-order valence-electron chi connectivity index (χ0n) is 9.98. The smallest absolute Gasteiger partial charge is 0.240 e. The van der Waals surface area contributed by atoms with Crippen LogP contribution in [0.4, 0.5) is 0 Å². The van der Waals surface area contributed by atoms with Crippen LogP contribution in [-0.2, 0) is 9.59 Å². The van der Waals surface area contributed by atoms with Crippen LogP contribution in [0.5, 0.6) is 0 Å². The van der Waals surface area contributed by atoms with Crippen molar-refractivity contribution in [2.45, 2.75) is 45.2 Å². The summed E-state index contributed by atoms with van der Waals surface area (Å²) in [4.78, 5) is 24.8. The first kappa shape index (κ1) is 11.6. The third-order valence-electron chi connectivity index (χ3n) is 3.95. The summed E-state index contributed by atoms with van der Waals surface area (Å²) in [6, 6.07) is -0.712. The highest BCUT2D eigenvalue weighted by molar-refractivity contribution is 5.85. The molecule has 0 aromatic rings. The molecule has 1 saturated carbocycles. The van der Waals surface area contributed by atoms with Gasteiger partial charge in [-0.25, -0.2) is 0 Å². The quantitative estimate of drug-likeness (QED) is 0.712. The highest BCUT2D eigenvalue weighted by Gasteiger charge is 2.53. The molecule has 0 radical (unpaired) electrons. The molecule has 1 saturated heterocycles. The third-order valence-corrected chi connectivity index (χ3v) is 3.95. The van der Waals surface area contributed by atoms with E-state index in [0.717, 1.165) is 32.1 Å². The molecule has 1 spiro atoms. The van der Waals surface area contributed by atoms with Crippen LogP contribution in [0.2, 0.25) is 0 Å². The molecule has 90 valence electrons. The molecular weight excluding hydrogens is 204 g/mol. The van der Waals surface area contributed by atoms with Crippen molar-refractivity contribution in [3.05, 3.63) is 0 Å². The van der Waals surface area contributed by atoms with Crippen molar-refractivity contribution in [3.8, 4) is 0 Å². The van der Waals surface area contributed by atoms with E-state index in [1.165, 1.54) is 0 Å². The van der Waals surface area contributed by atoms with Gasteiger partial charge in [-0.2, -0.15) is 0 Å². The molecular formula is C12H20N2O2. The van der Waals surface area contributed by atoms with Crippen molar-refractivity contribution in [1.82, 2.24) is 4.90 Å². The second-order valence-corrected chi connectivity index (χ2v) is 5.64. The van der Waals surface area contributed by atoms with E-state index in [4.69, 9.17) is 5.73 Å². The highest BCUT2D eigenvalue weighted by Crippen LogP contribution is 2.54. The lowest BCUT2D eigenvalue weighted by Crippen LogP contribution is -2.48. The van der Waals surface area contributed by atoms with E-state index in [1.54, 1.807) is 4.90 Å². The summed E-state index contributed by atoms with van der Waals surface area (Å²) in [7, 11) is 0. The normalized spacial score (nSPS) is 28.5. The number of carbonyl (C=O) groups is 2. The van der Waals surface area contributed by atoms with Crippen LogP contribution in [0.1, 0.15) is 33.1 Å². The second-order valence-electron chi connectivity index (χ2n) is 5.64. The second kappa shape index (κ2) is 3.84. The summed E-state index contributed by atoms with van der Waals surface area (Å²) in [6.45, 7) is 4.60. The average Bonchev–Trinajstić information content (AvgIpc) is 2.88. The van der Waals surface area contributed by atoms with Crippen LogP contribution < -0.4 is 5.73 Å². The fourth-order valence-electron chi connectivity index (χ4n) is 2.48. The Kier molecular flexibility index (Phi) is 2.78. The number of hydrogen-bond donors (Lipinski definition) is 1. The molecule has 2 fully saturated rings. The first-order valence-electron chi connectivity index (χ1n) is 6.00. The van der Waals surface area contributed by atoms with Crippen molar-refractivity contribution in [2.75, 3.05) is 6.54 Å². The van der Waals surface area contributed by atoms with Gasteiger partial charge in [-0.15, -0.1) is 0 Å². The number of hydrogen-bond acceptors (Lipinski definition) is 3. The molecule has 4 heteroatoms. The van der Waals surface area contributed by atoms with Crippen molar-refractivity contribution < 1.29 is 9.59 Å². The average molecular weight is 224 g/mol. The summed E-state index contributed by atoms with van der Waals surface area (Å²) < 4.78 is 0. The number of rotatable bonds is 3. The maximum Gasteiger partial charge on any atom is 0.240 e. The topological polar surface area (TPSA) is 63.4 Å². The van der Waals surface area contributed by atoms with Crippen LogP contribution in [0.25, 0.3) is 0 Å². The Morgan fingerprint density at radius 3 is 2.56 bits per heavy atom. The molecule has 0 aromatic carbocycles. The number of likely N-dealkylation sites (tertiary alicyclic amines) is 1. The van der Waals surface area contributed by atoms with Crippen molar-refractivity contribution >= 4 is 12.2 Å². The first-order chi connectivity index (χ1) is 7.49. The van der Waals surface area contributed by atoms with Gasteiger partial charge in [-0.05, 0) is 30.6 Å². The summed E-state index contributed by atoms with van der Waals surface area (Å²) in [5.41, 5.74) is 6.12. The minimum atomic E-state index is -0.476. The van der Waals surface area contributed by atoms with E-state index in [-0.39, 0.29) is 23.3 Å². The summed E-state index contributed by atoms with van der Waals surface area (Å²) in [5, 5.41) is 0. The number of nitrogens with two attached hydrogens (primary N) is 1. The zero-order valence-corrected chi connectivity index (χ0v) is 9.98. The number of aldehydes is 1. The third kappa shape index (κ3) is 1.86. The predicted molar refractivity (Wildman–Crippen MR) is 60.7 cm³/mol. The Morgan fingerprint density at radius 1 is 1.50 bits per heavy atom. The molecule has 2 aliphatic rings. The Bertz CT molecular complexity index is 310. The minimum absolute atomic E-state index is 0.0594. The van der Waals surface area contributed by atoms with E-state index < -0.39 is 6.04 Å². The lowest BCUT2D eigenvalue weighted by molar-refractivity contribution is -0.136. The Hall–Kier alpha value is -0.900. The van der Waals surface area contributed by atoms with E-state index in [1.807, 2.05) is 13.8 Å². The van der Waals surface area contributed by atoms with Crippen molar-refractivity contribution in [3.63, 3.8) is 0 Å². The molecule has 2 atom stereocenters. The molecule has 4 nitrogen and oxygen atoms in total. The first-order valence-corrected chi connectivity index (χ1v) is 6.00. The fraction of sp³-hybridized carbons (Fsp3) is 0.833. The van der Waals surface area contributed by atoms with E-state index in [0.29, 0.717) is 0 Å². The predicted octanol–water partition coefficient (Wildman–Crippen LogP) is 0.550. The summed E-state index contributed by atoms with van der Waals surface area (Å²) in [6.07, 6.45) is 4.04. The minimum Gasteiger partial charge on any atom is -0.331 e. The van der Waals surface area contributed by atoms with Gasteiger partial charge < -0.3 is 15.4 Å². The van der Waals surface area contributed by atoms with Gasteiger partial charge in [-0.3, -0.25) is 4.79 Å². The van der Waals surface area contributed by atoms with Gasteiger partial charge >= 0.3 is 0 Å². The molecule has 0 aromatic heterocycles. The highest BCUT2D eigenvalue weighted by atomic mass is 16.2. The molecule has 2 unspecified atom stereocenters. The number of nitrogens with zero attached hydrogens (tertiary/aromatic N) is 1. The molecule has 0 bridgehead atoms. The van der Waals surface area contributed by atoms with Crippen LogP contribution >= 0.6 is 0 Å². The van der Waals surface area contributed by atoms with Gasteiger partial charge in [0.15, 0.2) is 0 Å². The van der Waals surface area contributed by atoms with Gasteiger partial charge in [0.05, 0.1) is 12.1 Å². The Labute approximate surface area is 96.2 Å². The Balaban J connectivity index is 2.08. The maximum atomic E-state index is 12.1. The molecule has 1 aliphatic carbocycles. The van der Waals surface area contributed by atoms with Gasteiger partial charge in [0, 0.05) is 6.54 Å². The molecule has 1 aliphatic heterocycles. The fourth-order valence-corrected chi connectivity index (χ4v) is 2.48. The lowest BCUT2D eigenvalue weighted by Gasteiger charge is -2.26. The van der Waals surface area contributed by atoms with Crippen LogP contribution in [0, 0.1) is 11.3 Å². The number of amides is 1. The summed E-state index contributed by atoms with van der Waals surface area (Å²) in [5.74, 6) is 0.0615. The van der Waals surface area contributed by atoms with E-state index in [9.17, 15) is 9.59 Å². The molecule has 2 N–H and O–H groups in total. The maximum absolute atomic E-state index is 12.1. The van der Waals surface area contributed by atoms with Crippen molar-refractivity contribution in [1.29, 1.82) is 0 Å². The van der Waals surface area contributed by atoms with Gasteiger partial charge in [0.1, 0.15) is 6.29 Å². The molecule has 2 rings (SSSR count). The standard InChI is InChI=1S/C12H20N2O2/c1-8(2)10(13)11(16)14-7-12(3-4-12)5-9(14)6-15/h6,8-10H,3-5,7,13H2,1-2H3. The lowest BCUT2D eigenvalue weighted by atomic mass is 10.0. The van der Waals surface area contributed by atoms with Crippen LogP contribution in [0.3, 0.4) is 0 Å². The van der Waals surface area contributed by atoms with E-state index in [2.05, 4.69) is 0 Å². The molecule has 16 heavy (non-hydrogen) atoms.